The van der Waals surface area contributed by atoms with Gasteiger partial charge in [-0.2, -0.15) is 0 Å². The number of hydrogen-bond acceptors (Lipinski definition) is 1. The van der Waals surface area contributed by atoms with Gasteiger partial charge in [0.1, 0.15) is 0 Å². The van der Waals surface area contributed by atoms with Crippen LogP contribution in [-0.2, 0) is 0 Å². The maximum absolute atomic E-state index is 5.86. The normalized spacial score (nSPS) is 9.31. The van der Waals surface area contributed by atoms with Crippen LogP contribution in [0.5, 0.6) is 0 Å². The van der Waals surface area contributed by atoms with E-state index in [1.165, 1.54) is 0 Å². The molecule has 0 fully saturated rings. The fourth-order valence-electron chi connectivity index (χ4n) is 1.33. The summed E-state index contributed by atoms with van der Waals surface area (Å²) in [6.07, 6.45) is 0. The molecule has 0 saturated carbocycles. The first-order valence-corrected chi connectivity index (χ1v) is 5.25. The topological polar surface area (TPSA) is 26.0 Å². The molecule has 1 nitrogen and oxygen atoms in total. The predicted molar refractivity (Wildman–Crippen MR) is 68.3 cm³/mol. The van der Waals surface area contributed by atoms with Crippen molar-refractivity contribution in [1.82, 2.24) is 0 Å². The second-order valence-electron chi connectivity index (χ2n) is 3.39. The Hall–Kier alpha value is -1.91. The van der Waals surface area contributed by atoms with Crippen molar-refractivity contribution in [3.8, 4) is 11.8 Å². The third-order valence-electron chi connectivity index (χ3n) is 2.06. The summed E-state index contributed by atoms with van der Waals surface area (Å²) >= 11 is 5.86. The van der Waals surface area contributed by atoms with Crippen LogP contribution in [0.25, 0.3) is 0 Å². The molecule has 78 valence electrons. The first-order valence-electron chi connectivity index (χ1n) is 4.87. The Morgan fingerprint density at radius 3 is 2.12 bits per heavy atom. The molecular weight excluding hydrogens is 218 g/mol. The van der Waals surface area contributed by atoms with Crippen LogP contribution < -0.4 is 5.73 Å². The minimum absolute atomic E-state index is 0.694. The summed E-state index contributed by atoms with van der Waals surface area (Å²) in [6.45, 7) is 0. The highest BCUT2D eigenvalue weighted by molar-refractivity contribution is 6.30. The van der Waals surface area contributed by atoms with Gasteiger partial charge < -0.3 is 5.73 Å². The Labute approximate surface area is 99.9 Å². The van der Waals surface area contributed by atoms with Gasteiger partial charge in [0, 0.05) is 21.8 Å². The maximum atomic E-state index is 5.86. The number of anilines is 1. The number of rotatable bonds is 0. The molecule has 16 heavy (non-hydrogen) atoms. The van der Waals surface area contributed by atoms with E-state index in [0.29, 0.717) is 5.02 Å². The van der Waals surface area contributed by atoms with Crippen LogP contribution in [0.2, 0.25) is 5.02 Å². The van der Waals surface area contributed by atoms with E-state index >= 15 is 0 Å². The molecule has 0 aliphatic heterocycles. The van der Waals surface area contributed by atoms with Gasteiger partial charge in [-0.1, -0.05) is 35.6 Å². The highest BCUT2D eigenvalue weighted by Gasteiger charge is 1.90. The van der Waals surface area contributed by atoms with Crippen LogP contribution in [0.15, 0.2) is 48.5 Å². The molecule has 0 radical (unpaired) electrons. The Morgan fingerprint density at radius 1 is 0.875 bits per heavy atom. The largest absolute Gasteiger partial charge is 0.399 e. The summed E-state index contributed by atoms with van der Waals surface area (Å²) in [5.74, 6) is 6.08. The molecule has 0 amide bonds. The zero-order valence-electron chi connectivity index (χ0n) is 8.57. The number of benzene rings is 2. The van der Waals surface area contributed by atoms with Crippen LogP contribution in [-0.4, -0.2) is 0 Å². The first-order chi connectivity index (χ1) is 7.74. The average molecular weight is 228 g/mol. The summed E-state index contributed by atoms with van der Waals surface area (Å²) in [5, 5.41) is 0.694. The molecule has 0 atom stereocenters. The summed E-state index contributed by atoms with van der Waals surface area (Å²) in [6, 6.07) is 15.0. The minimum atomic E-state index is 0.694. The molecule has 2 rings (SSSR count). The standard InChI is InChI=1S/C14H10ClN/c15-13-5-1-3-11(9-13)7-8-12-4-2-6-14(16)10-12/h1-6,9-10H,16H2. The van der Waals surface area contributed by atoms with E-state index in [2.05, 4.69) is 11.8 Å². The van der Waals surface area contributed by atoms with Crippen molar-refractivity contribution >= 4 is 17.3 Å². The summed E-state index contributed by atoms with van der Waals surface area (Å²) in [7, 11) is 0. The lowest BCUT2D eigenvalue weighted by molar-refractivity contribution is 1.61. The summed E-state index contributed by atoms with van der Waals surface area (Å²) in [4.78, 5) is 0. The highest BCUT2D eigenvalue weighted by atomic mass is 35.5. The number of nitrogen functional groups attached to an aromatic ring is 1. The van der Waals surface area contributed by atoms with E-state index in [0.717, 1.165) is 16.8 Å². The Morgan fingerprint density at radius 2 is 1.50 bits per heavy atom. The second kappa shape index (κ2) is 4.74. The van der Waals surface area contributed by atoms with Crippen LogP contribution >= 0.6 is 11.6 Å². The molecule has 0 aromatic heterocycles. The van der Waals surface area contributed by atoms with E-state index in [4.69, 9.17) is 17.3 Å². The lowest BCUT2D eigenvalue weighted by Gasteiger charge is -1.93. The van der Waals surface area contributed by atoms with E-state index in [1.54, 1.807) is 0 Å². The number of halogens is 1. The van der Waals surface area contributed by atoms with Gasteiger partial charge in [-0.15, -0.1) is 0 Å². The highest BCUT2D eigenvalue weighted by Crippen LogP contribution is 2.10. The molecule has 0 unspecified atom stereocenters. The smallest absolute Gasteiger partial charge is 0.0418 e. The van der Waals surface area contributed by atoms with E-state index in [-0.39, 0.29) is 0 Å². The molecule has 0 spiro atoms. The Bertz CT molecular complexity index is 515. The molecule has 2 aromatic carbocycles. The molecule has 0 bridgehead atoms. The summed E-state index contributed by atoms with van der Waals surface area (Å²) in [5.41, 5.74) is 8.18. The first kappa shape index (κ1) is 10.6. The molecular formula is C14H10ClN. The lowest BCUT2D eigenvalue weighted by Crippen LogP contribution is -1.84. The Kier molecular flexibility index (Phi) is 3.14. The predicted octanol–water partition coefficient (Wildman–Crippen LogP) is 3.32. The monoisotopic (exact) mass is 227 g/mol. The van der Waals surface area contributed by atoms with Gasteiger partial charge >= 0.3 is 0 Å². The van der Waals surface area contributed by atoms with Crippen LogP contribution in [0, 0.1) is 11.8 Å². The SMILES string of the molecule is Nc1cccc(C#Cc2cccc(Cl)c2)c1. The molecule has 2 N–H and O–H groups in total. The van der Waals surface area contributed by atoms with Gasteiger partial charge in [-0.25, -0.2) is 0 Å². The molecule has 0 aliphatic carbocycles. The van der Waals surface area contributed by atoms with Crippen molar-refractivity contribution in [2.24, 2.45) is 0 Å². The minimum Gasteiger partial charge on any atom is -0.399 e. The molecule has 0 saturated heterocycles. The van der Waals surface area contributed by atoms with Crippen molar-refractivity contribution in [3.05, 3.63) is 64.7 Å². The van der Waals surface area contributed by atoms with E-state index < -0.39 is 0 Å². The fraction of sp³-hybridized carbons (Fsp3) is 0. The lowest BCUT2D eigenvalue weighted by atomic mass is 10.2. The van der Waals surface area contributed by atoms with E-state index in [1.807, 2.05) is 48.5 Å². The van der Waals surface area contributed by atoms with Gasteiger partial charge in [0.15, 0.2) is 0 Å². The van der Waals surface area contributed by atoms with Crippen LogP contribution in [0.3, 0.4) is 0 Å². The zero-order valence-corrected chi connectivity index (χ0v) is 9.33. The van der Waals surface area contributed by atoms with Crippen molar-refractivity contribution in [2.75, 3.05) is 5.73 Å². The van der Waals surface area contributed by atoms with Crippen LogP contribution in [0.4, 0.5) is 5.69 Å². The fourth-order valence-corrected chi connectivity index (χ4v) is 1.52. The maximum Gasteiger partial charge on any atom is 0.0418 e. The van der Waals surface area contributed by atoms with Crippen LogP contribution in [0.1, 0.15) is 11.1 Å². The van der Waals surface area contributed by atoms with Crippen molar-refractivity contribution < 1.29 is 0 Å². The number of nitrogens with two attached hydrogens (primary N) is 1. The quantitative estimate of drug-likeness (QED) is 0.542. The molecule has 0 aliphatic rings. The third kappa shape index (κ3) is 2.79. The van der Waals surface area contributed by atoms with Crippen molar-refractivity contribution in [3.63, 3.8) is 0 Å². The van der Waals surface area contributed by atoms with Crippen molar-refractivity contribution in [2.45, 2.75) is 0 Å². The Balaban J connectivity index is 2.28. The van der Waals surface area contributed by atoms with Gasteiger partial charge in [0.2, 0.25) is 0 Å². The van der Waals surface area contributed by atoms with E-state index in [9.17, 15) is 0 Å². The van der Waals surface area contributed by atoms with Gasteiger partial charge in [-0.3, -0.25) is 0 Å². The van der Waals surface area contributed by atoms with Gasteiger partial charge in [0.05, 0.1) is 0 Å². The van der Waals surface area contributed by atoms with Crippen molar-refractivity contribution in [1.29, 1.82) is 0 Å². The molecule has 2 aromatic rings. The average Bonchev–Trinajstić information content (AvgIpc) is 2.27. The summed E-state index contributed by atoms with van der Waals surface area (Å²) < 4.78 is 0. The van der Waals surface area contributed by atoms with Gasteiger partial charge in [0.25, 0.3) is 0 Å². The third-order valence-corrected chi connectivity index (χ3v) is 2.30. The molecule has 2 heteroatoms. The zero-order chi connectivity index (χ0) is 11.4. The second-order valence-corrected chi connectivity index (χ2v) is 3.82. The van der Waals surface area contributed by atoms with Gasteiger partial charge in [-0.05, 0) is 36.4 Å². The molecule has 0 heterocycles. The number of hydrogen-bond donors (Lipinski definition) is 1.